The molecule has 8 heteroatoms. The molecule has 1 saturated carbocycles. The van der Waals surface area contributed by atoms with Crippen molar-refractivity contribution < 1.29 is 14.4 Å². The van der Waals surface area contributed by atoms with Crippen LogP contribution in [0.3, 0.4) is 0 Å². The third-order valence-corrected chi connectivity index (χ3v) is 7.66. The number of benzene rings is 1. The van der Waals surface area contributed by atoms with Crippen LogP contribution in [-0.2, 0) is 4.57 Å². The predicted molar refractivity (Wildman–Crippen MR) is 118 cm³/mol. The van der Waals surface area contributed by atoms with E-state index in [0.717, 1.165) is 32.2 Å². The minimum atomic E-state index is -4.76. The highest BCUT2D eigenvalue weighted by Gasteiger charge is 2.36. The maximum absolute atomic E-state index is 13.2. The molecular weight excluding hydrogens is 401 g/mol. The molecule has 2 heterocycles. The summed E-state index contributed by atoms with van der Waals surface area (Å²) in [6.45, 7) is 3.12. The Morgan fingerprint density at radius 2 is 1.83 bits per heavy atom. The van der Waals surface area contributed by atoms with Gasteiger partial charge in [0.15, 0.2) is 0 Å². The molecule has 0 radical (unpaired) electrons. The molecule has 1 aromatic carbocycles. The normalized spacial score (nSPS) is 24.4. The molecule has 1 saturated heterocycles. The molecular formula is C22H32N3O4P. The average molecular weight is 433 g/mol. The number of aromatic nitrogens is 2. The molecule has 0 spiro atoms. The Morgan fingerprint density at radius 1 is 1.10 bits per heavy atom. The SMILES string of the molecule is CCC[C@H]1C[C@@H](n2c(=O)c(P(=O)(O)O)nc3ccccc32)CCN1C1CCCCC1. The van der Waals surface area contributed by atoms with Gasteiger partial charge in [-0.15, -0.1) is 0 Å². The Morgan fingerprint density at radius 3 is 2.53 bits per heavy atom. The smallest absolute Gasteiger partial charge is 0.320 e. The van der Waals surface area contributed by atoms with Crippen LogP contribution in [0.15, 0.2) is 29.1 Å². The zero-order valence-electron chi connectivity index (χ0n) is 17.6. The molecule has 0 amide bonds. The highest BCUT2D eigenvalue weighted by molar-refractivity contribution is 7.59. The van der Waals surface area contributed by atoms with Crippen molar-refractivity contribution in [1.82, 2.24) is 14.5 Å². The van der Waals surface area contributed by atoms with Crippen LogP contribution >= 0.6 is 7.60 Å². The molecule has 2 aliphatic rings. The van der Waals surface area contributed by atoms with Crippen molar-refractivity contribution >= 4 is 24.1 Å². The van der Waals surface area contributed by atoms with Crippen LogP contribution in [0.5, 0.6) is 0 Å². The number of hydrogen-bond acceptors (Lipinski definition) is 4. The first-order chi connectivity index (χ1) is 14.4. The summed E-state index contributed by atoms with van der Waals surface area (Å²) in [7, 11) is -4.76. The monoisotopic (exact) mass is 433 g/mol. The van der Waals surface area contributed by atoms with E-state index in [-0.39, 0.29) is 6.04 Å². The van der Waals surface area contributed by atoms with Crippen molar-refractivity contribution in [3.8, 4) is 0 Å². The van der Waals surface area contributed by atoms with Gasteiger partial charge < -0.3 is 14.4 Å². The number of fused-ring (bicyclic) bond motifs is 1. The van der Waals surface area contributed by atoms with Gasteiger partial charge in [0.1, 0.15) is 0 Å². The Hall–Kier alpha value is -1.53. The Kier molecular flexibility index (Phi) is 6.44. The lowest BCUT2D eigenvalue weighted by Crippen LogP contribution is -2.51. The second kappa shape index (κ2) is 8.91. The van der Waals surface area contributed by atoms with Crippen molar-refractivity contribution in [2.75, 3.05) is 6.54 Å². The van der Waals surface area contributed by atoms with Gasteiger partial charge in [-0.25, -0.2) is 4.98 Å². The summed E-state index contributed by atoms with van der Waals surface area (Å²) in [4.78, 5) is 39.3. The summed E-state index contributed by atoms with van der Waals surface area (Å²) in [6, 6.07) is 8.12. The third-order valence-electron chi connectivity index (χ3n) is 6.82. The molecule has 2 N–H and O–H groups in total. The van der Waals surface area contributed by atoms with E-state index in [9.17, 15) is 19.1 Å². The van der Waals surface area contributed by atoms with Crippen molar-refractivity contribution in [3.63, 3.8) is 0 Å². The van der Waals surface area contributed by atoms with Gasteiger partial charge in [0.25, 0.3) is 5.56 Å². The van der Waals surface area contributed by atoms with Crippen LogP contribution in [0.1, 0.15) is 70.8 Å². The molecule has 2 fully saturated rings. The van der Waals surface area contributed by atoms with Crippen molar-refractivity contribution in [2.24, 2.45) is 0 Å². The van der Waals surface area contributed by atoms with E-state index in [1.807, 2.05) is 12.1 Å². The van der Waals surface area contributed by atoms with Gasteiger partial charge in [0.2, 0.25) is 5.44 Å². The zero-order chi connectivity index (χ0) is 21.3. The fourth-order valence-corrected chi connectivity index (χ4v) is 6.08. The van der Waals surface area contributed by atoms with Gasteiger partial charge in [-0.3, -0.25) is 14.3 Å². The standard InChI is InChI=1S/C22H32N3O4P/c1-2-8-17-15-18(13-14-24(17)16-9-4-3-5-10-16)25-20-12-7-6-11-19(20)23-21(22(25)26)30(27,28)29/h6-7,11-12,16-18H,2-5,8-10,13-15H2,1H3,(H2,27,28,29)/t17-,18-/m0/s1. The minimum Gasteiger partial charge on any atom is -0.320 e. The molecule has 4 rings (SSSR count). The predicted octanol–water partition coefficient (Wildman–Crippen LogP) is 3.34. The van der Waals surface area contributed by atoms with Gasteiger partial charge >= 0.3 is 7.60 Å². The lowest BCUT2D eigenvalue weighted by Gasteiger charge is -2.45. The average Bonchev–Trinajstić information content (AvgIpc) is 2.73. The molecule has 2 aromatic rings. The van der Waals surface area contributed by atoms with Crippen LogP contribution in [0, 0.1) is 0 Å². The van der Waals surface area contributed by atoms with E-state index in [1.54, 1.807) is 16.7 Å². The van der Waals surface area contributed by atoms with Crippen LogP contribution in [0.25, 0.3) is 11.0 Å². The van der Waals surface area contributed by atoms with E-state index >= 15 is 0 Å². The van der Waals surface area contributed by atoms with E-state index in [1.165, 1.54) is 32.1 Å². The molecule has 1 aliphatic heterocycles. The summed E-state index contributed by atoms with van der Waals surface area (Å²) >= 11 is 0. The van der Waals surface area contributed by atoms with Gasteiger partial charge in [-0.1, -0.05) is 44.7 Å². The summed E-state index contributed by atoms with van der Waals surface area (Å²) in [5, 5.41) is 0. The van der Waals surface area contributed by atoms with E-state index in [2.05, 4.69) is 16.8 Å². The number of hydrogen-bond donors (Lipinski definition) is 2. The van der Waals surface area contributed by atoms with E-state index < -0.39 is 18.6 Å². The molecule has 1 aliphatic carbocycles. The van der Waals surface area contributed by atoms with E-state index in [4.69, 9.17) is 0 Å². The van der Waals surface area contributed by atoms with Crippen molar-refractivity contribution in [3.05, 3.63) is 34.6 Å². The summed E-state index contributed by atoms with van der Waals surface area (Å²) in [5.74, 6) is 0. The number of nitrogens with zero attached hydrogens (tertiary/aromatic N) is 3. The summed E-state index contributed by atoms with van der Waals surface area (Å²) in [6.07, 6.45) is 10.2. The number of likely N-dealkylation sites (tertiary alicyclic amines) is 1. The van der Waals surface area contributed by atoms with E-state index in [0.29, 0.717) is 23.1 Å². The first-order valence-electron chi connectivity index (χ1n) is 11.2. The fourth-order valence-electron chi connectivity index (χ4n) is 5.49. The van der Waals surface area contributed by atoms with Gasteiger partial charge in [-0.2, -0.15) is 0 Å². The number of para-hydroxylation sites is 2. The molecule has 7 nitrogen and oxygen atoms in total. The Balaban J connectivity index is 1.72. The minimum absolute atomic E-state index is 0.0768. The maximum atomic E-state index is 13.2. The molecule has 0 unspecified atom stereocenters. The molecule has 2 atom stereocenters. The van der Waals surface area contributed by atoms with Gasteiger partial charge in [-0.05, 0) is 44.2 Å². The highest BCUT2D eigenvalue weighted by atomic mass is 31.2. The quantitative estimate of drug-likeness (QED) is 0.703. The Bertz CT molecular complexity index is 996. The van der Waals surface area contributed by atoms with Crippen LogP contribution in [0.2, 0.25) is 0 Å². The second-order valence-electron chi connectivity index (χ2n) is 8.79. The molecule has 1 aromatic heterocycles. The molecule has 164 valence electrons. The first kappa shape index (κ1) is 21.7. The number of piperidine rings is 1. The van der Waals surface area contributed by atoms with Crippen LogP contribution in [0.4, 0.5) is 0 Å². The van der Waals surface area contributed by atoms with Crippen molar-refractivity contribution in [1.29, 1.82) is 0 Å². The Labute approximate surface area is 177 Å². The zero-order valence-corrected chi connectivity index (χ0v) is 18.5. The van der Waals surface area contributed by atoms with Gasteiger partial charge in [0, 0.05) is 24.7 Å². The largest absolute Gasteiger partial charge is 0.380 e. The highest BCUT2D eigenvalue weighted by Crippen LogP contribution is 2.36. The molecule has 0 bridgehead atoms. The topological polar surface area (TPSA) is 95.7 Å². The summed E-state index contributed by atoms with van der Waals surface area (Å²) in [5.41, 5.74) is -0.167. The lowest BCUT2D eigenvalue weighted by atomic mass is 9.87. The van der Waals surface area contributed by atoms with Gasteiger partial charge in [0.05, 0.1) is 11.0 Å². The summed E-state index contributed by atoms with van der Waals surface area (Å²) < 4.78 is 13.6. The fraction of sp³-hybridized carbons (Fsp3) is 0.636. The van der Waals surface area contributed by atoms with Crippen molar-refractivity contribution in [2.45, 2.75) is 82.8 Å². The first-order valence-corrected chi connectivity index (χ1v) is 12.8. The second-order valence-corrected chi connectivity index (χ2v) is 10.3. The maximum Gasteiger partial charge on any atom is 0.380 e. The molecule has 30 heavy (non-hydrogen) atoms. The van der Waals surface area contributed by atoms with Crippen LogP contribution in [-0.4, -0.2) is 42.9 Å². The lowest BCUT2D eigenvalue weighted by molar-refractivity contribution is 0.0476. The third kappa shape index (κ3) is 4.26. The number of rotatable bonds is 5. The van der Waals surface area contributed by atoms with Crippen LogP contribution < -0.4 is 11.0 Å².